The molecular formula is C18H18F3NO3. The number of carbonyl (C=O) groups is 1. The fourth-order valence-electron chi connectivity index (χ4n) is 2.36. The Labute approximate surface area is 143 Å². The van der Waals surface area contributed by atoms with E-state index in [1.807, 2.05) is 25.1 Å². The number of rotatable bonds is 5. The number of hydrogen-bond acceptors (Lipinski definition) is 3. The van der Waals surface area contributed by atoms with Crippen LogP contribution in [0.4, 0.5) is 13.2 Å². The molecule has 7 heteroatoms. The third kappa shape index (κ3) is 5.14. The maximum absolute atomic E-state index is 12.3. The molecular weight excluding hydrogens is 335 g/mol. The third-order valence-corrected chi connectivity index (χ3v) is 3.55. The maximum Gasteiger partial charge on any atom is 0.573 e. The molecule has 2 aromatic carbocycles. The molecule has 2 aromatic rings. The number of amides is 1. The van der Waals surface area contributed by atoms with Crippen molar-refractivity contribution in [3.05, 3.63) is 59.2 Å². The van der Waals surface area contributed by atoms with Crippen molar-refractivity contribution in [1.29, 1.82) is 0 Å². The molecule has 0 bridgehead atoms. The van der Waals surface area contributed by atoms with Gasteiger partial charge in [0.15, 0.2) is 0 Å². The Hall–Kier alpha value is -2.70. The molecule has 0 saturated carbocycles. The van der Waals surface area contributed by atoms with E-state index in [0.717, 1.165) is 23.3 Å². The van der Waals surface area contributed by atoms with Crippen LogP contribution in [0, 0.1) is 6.92 Å². The van der Waals surface area contributed by atoms with Gasteiger partial charge in [0.2, 0.25) is 0 Å². The molecule has 2 rings (SSSR count). The molecule has 1 amide bonds. The van der Waals surface area contributed by atoms with Crippen LogP contribution in [0.3, 0.4) is 0 Å². The lowest BCUT2D eigenvalue weighted by Gasteiger charge is -2.18. The van der Waals surface area contributed by atoms with E-state index in [9.17, 15) is 18.0 Å². The van der Waals surface area contributed by atoms with Crippen LogP contribution in [0.25, 0.3) is 0 Å². The van der Waals surface area contributed by atoms with Crippen LogP contribution < -0.4 is 14.8 Å². The Kier molecular flexibility index (Phi) is 5.56. The predicted molar refractivity (Wildman–Crippen MR) is 86.7 cm³/mol. The molecule has 0 aliphatic rings. The van der Waals surface area contributed by atoms with E-state index in [1.165, 1.54) is 12.1 Å². The minimum atomic E-state index is -4.76. The van der Waals surface area contributed by atoms with E-state index in [0.29, 0.717) is 5.75 Å². The average molecular weight is 353 g/mol. The molecule has 0 aromatic heterocycles. The van der Waals surface area contributed by atoms with Crippen molar-refractivity contribution in [2.45, 2.75) is 26.3 Å². The zero-order chi connectivity index (χ0) is 18.6. The highest BCUT2D eigenvalue weighted by atomic mass is 19.4. The smallest absolute Gasteiger partial charge is 0.496 e. The van der Waals surface area contributed by atoms with Gasteiger partial charge in [-0.1, -0.05) is 17.7 Å². The SMILES string of the molecule is COc1ccc(C)cc1[C@H](C)NC(=O)c1ccc(OC(F)(F)F)cc1. The number of carbonyl (C=O) groups excluding carboxylic acids is 1. The summed E-state index contributed by atoms with van der Waals surface area (Å²) in [5.74, 6) is -0.139. The topological polar surface area (TPSA) is 47.6 Å². The minimum Gasteiger partial charge on any atom is -0.496 e. The fourth-order valence-corrected chi connectivity index (χ4v) is 2.36. The highest BCUT2D eigenvalue weighted by Gasteiger charge is 2.31. The zero-order valence-corrected chi connectivity index (χ0v) is 14.0. The van der Waals surface area contributed by atoms with E-state index in [4.69, 9.17) is 4.74 Å². The fraction of sp³-hybridized carbons (Fsp3) is 0.278. The molecule has 0 fully saturated rings. The largest absolute Gasteiger partial charge is 0.573 e. The van der Waals surface area contributed by atoms with Gasteiger partial charge in [-0.3, -0.25) is 4.79 Å². The molecule has 0 spiro atoms. The maximum atomic E-state index is 12.3. The molecule has 0 aliphatic carbocycles. The van der Waals surface area contributed by atoms with Crippen LogP contribution >= 0.6 is 0 Å². The molecule has 0 aliphatic heterocycles. The number of hydrogen-bond donors (Lipinski definition) is 1. The molecule has 0 saturated heterocycles. The van der Waals surface area contributed by atoms with Crippen molar-refractivity contribution < 1.29 is 27.4 Å². The summed E-state index contributed by atoms with van der Waals surface area (Å²) >= 11 is 0. The second-order valence-electron chi connectivity index (χ2n) is 5.51. The van der Waals surface area contributed by atoms with Crippen LogP contribution in [0.2, 0.25) is 0 Å². The minimum absolute atomic E-state index is 0.230. The lowest BCUT2D eigenvalue weighted by molar-refractivity contribution is -0.274. The van der Waals surface area contributed by atoms with Gasteiger partial charge in [-0.15, -0.1) is 13.2 Å². The van der Waals surface area contributed by atoms with Gasteiger partial charge < -0.3 is 14.8 Å². The standard InChI is InChI=1S/C18H18F3NO3/c1-11-4-9-16(24-3)15(10-11)12(2)22-17(23)13-5-7-14(8-6-13)25-18(19,20)21/h4-10,12H,1-3H3,(H,22,23)/t12-/m0/s1. The molecule has 0 heterocycles. The Morgan fingerprint density at radius 3 is 2.32 bits per heavy atom. The van der Waals surface area contributed by atoms with Crippen LogP contribution in [0.15, 0.2) is 42.5 Å². The number of alkyl halides is 3. The molecule has 0 unspecified atom stereocenters. The first-order valence-corrected chi connectivity index (χ1v) is 7.51. The van der Waals surface area contributed by atoms with Gasteiger partial charge in [-0.2, -0.15) is 0 Å². The van der Waals surface area contributed by atoms with E-state index in [2.05, 4.69) is 10.1 Å². The first kappa shape index (κ1) is 18.6. The Morgan fingerprint density at radius 1 is 1.12 bits per heavy atom. The highest BCUT2D eigenvalue weighted by molar-refractivity contribution is 5.94. The van der Waals surface area contributed by atoms with E-state index >= 15 is 0 Å². The number of benzene rings is 2. The molecule has 0 radical (unpaired) electrons. The molecule has 25 heavy (non-hydrogen) atoms. The quantitative estimate of drug-likeness (QED) is 0.867. The van der Waals surface area contributed by atoms with E-state index < -0.39 is 12.3 Å². The van der Waals surface area contributed by atoms with Crippen molar-refractivity contribution in [3.63, 3.8) is 0 Å². The van der Waals surface area contributed by atoms with Crippen LogP contribution in [-0.2, 0) is 0 Å². The number of methoxy groups -OCH3 is 1. The summed E-state index contributed by atoms with van der Waals surface area (Å²) in [4.78, 5) is 12.3. The summed E-state index contributed by atoms with van der Waals surface area (Å²) in [6.45, 7) is 3.73. The van der Waals surface area contributed by atoms with Gasteiger partial charge in [0.25, 0.3) is 5.91 Å². The van der Waals surface area contributed by atoms with Crippen molar-refractivity contribution in [1.82, 2.24) is 5.32 Å². The van der Waals surface area contributed by atoms with Gasteiger partial charge >= 0.3 is 6.36 Å². The van der Waals surface area contributed by atoms with Crippen LogP contribution in [-0.4, -0.2) is 19.4 Å². The van der Waals surface area contributed by atoms with Gasteiger partial charge in [-0.25, -0.2) is 0 Å². The predicted octanol–water partition coefficient (Wildman–Crippen LogP) is 4.39. The van der Waals surface area contributed by atoms with Crippen molar-refractivity contribution in [2.75, 3.05) is 7.11 Å². The molecule has 134 valence electrons. The van der Waals surface area contributed by atoms with Crippen molar-refractivity contribution >= 4 is 5.91 Å². The normalized spacial score (nSPS) is 12.4. The highest BCUT2D eigenvalue weighted by Crippen LogP contribution is 2.27. The number of ether oxygens (including phenoxy) is 2. The molecule has 4 nitrogen and oxygen atoms in total. The average Bonchev–Trinajstić information content (AvgIpc) is 2.53. The second-order valence-corrected chi connectivity index (χ2v) is 5.51. The van der Waals surface area contributed by atoms with Gasteiger partial charge in [0, 0.05) is 11.1 Å². The Balaban J connectivity index is 2.10. The first-order chi connectivity index (χ1) is 11.7. The molecule has 1 N–H and O–H groups in total. The van der Waals surface area contributed by atoms with Crippen LogP contribution in [0.1, 0.15) is 34.5 Å². The number of halogens is 3. The van der Waals surface area contributed by atoms with E-state index in [1.54, 1.807) is 14.0 Å². The Morgan fingerprint density at radius 2 is 1.76 bits per heavy atom. The third-order valence-electron chi connectivity index (χ3n) is 3.55. The Bertz CT molecular complexity index is 742. The number of aryl methyl sites for hydroxylation is 1. The molecule has 1 atom stereocenters. The summed E-state index contributed by atoms with van der Waals surface area (Å²) in [6.07, 6.45) is -4.76. The zero-order valence-electron chi connectivity index (χ0n) is 14.0. The van der Waals surface area contributed by atoms with Crippen LogP contribution in [0.5, 0.6) is 11.5 Å². The summed E-state index contributed by atoms with van der Waals surface area (Å²) in [5, 5.41) is 2.80. The number of nitrogens with one attached hydrogen (secondary N) is 1. The van der Waals surface area contributed by atoms with Gasteiger partial charge in [-0.05, 0) is 44.2 Å². The summed E-state index contributed by atoms with van der Waals surface area (Å²) < 4.78 is 45.5. The van der Waals surface area contributed by atoms with Crippen molar-refractivity contribution in [2.24, 2.45) is 0 Å². The monoisotopic (exact) mass is 353 g/mol. The lowest BCUT2D eigenvalue weighted by atomic mass is 10.0. The summed E-state index contributed by atoms with van der Waals surface area (Å²) in [6, 6.07) is 10.0. The summed E-state index contributed by atoms with van der Waals surface area (Å²) in [7, 11) is 1.54. The van der Waals surface area contributed by atoms with Gasteiger partial charge in [0.05, 0.1) is 13.2 Å². The van der Waals surface area contributed by atoms with E-state index in [-0.39, 0.29) is 17.4 Å². The lowest BCUT2D eigenvalue weighted by Crippen LogP contribution is -2.27. The first-order valence-electron chi connectivity index (χ1n) is 7.51. The summed E-state index contributed by atoms with van der Waals surface area (Å²) in [5.41, 5.74) is 2.06. The second kappa shape index (κ2) is 7.46. The van der Waals surface area contributed by atoms with Gasteiger partial charge in [0.1, 0.15) is 11.5 Å². The van der Waals surface area contributed by atoms with Crippen molar-refractivity contribution in [3.8, 4) is 11.5 Å².